The van der Waals surface area contributed by atoms with Crippen LogP contribution >= 0.6 is 0 Å². The number of piperazine rings is 1. The molecule has 0 aliphatic carbocycles. The maximum atomic E-state index is 13.2. The zero-order valence-corrected chi connectivity index (χ0v) is 16.4. The van der Waals surface area contributed by atoms with E-state index in [4.69, 9.17) is 0 Å². The van der Waals surface area contributed by atoms with Crippen molar-refractivity contribution < 1.29 is 4.79 Å². The van der Waals surface area contributed by atoms with E-state index in [1.54, 1.807) is 0 Å². The summed E-state index contributed by atoms with van der Waals surface area (Å²) in [6, 6.07) is -0.188. The van der Waals surface area contributed by atoms with E-state index in [2.05, 4.69) is 47.6 Å². The maximum absolute atomic E-state index is 13.2. The zero-order chi connectivity index (χ0) is 18.2. The Labute approximate surface area is 151 Å². The summed E-state index contributed by atoms with van der Waals surface area (Å²) in [5.74, 6) is 1.54. The largest absolute Gasteiger partial charge is 0.338 e. The molecular weight excluding hydrogens is 314 g/mol. The molecule has 2 aliphatic rings. The highest BCUT2D eigenvalue weighted by Crippen LogP contribution is 2.32. The lowest BCUT2D eigenvalue weighted by Gasteiger charge is -2.53. The molecule has 0 bridgehead atoms. The zero-order valence-electron chi connectivity index (χ0n) is 16.4. The van der Waals surface area contributed by atoms with E-state index in [1.807, 2.05) is 23.9 Å². The second-order valence-electron chi connectivity index (χ2n) is 8.23. The van der Waals surface area contributed by atoms with E-state index in [1.165, 1.54) is 0 Å². The molecule has 0 aromatic carbocycles. The van der Waals surface area contributed by atoms with Gasteiger partial charge in [-0.25, -0.2) is 4.98 Å². The lowest BCUT2D eigenvalue weighted by atomic mass is 9.83. The predicted molar refractivity (Wildman–Crippen MR) is 99.7 cm³/mol. The van der Waals surface area contributed by atoms with Crippen LogP contribution in [0.2, 0.25) is 0 Å². The normalized spacial score (nSPS) is 23.4. The van der Waals surface area contributed by atoms with Crippen molar-refractivity contribution >= 4 is 5.91 Å². The van der Waals surface area contributed by atoms with Crippen LogP contribution in [0.5, 0.6) is 0 Å². The number of hydrogen-bond acceptors (Lipinski definition) is 4. The van der Waals surface area contributed by atoms with E-state index >= 15 is 0 Å². The molecule has 0 N–H and O–H groups in total. The average Bonchev–Trinajstić information content (AvgIpc) is 3.08. The fraction of sp³-hybridized carbons (Fsp3) is 0.789. The molecule has 2 aliphatic heterocycles. The molecule has 1 atom stereocenters. The summed E-state index contributed by atoms with van der Waals surface area (Å²) in [6.45, 7) is 11.1. The maximum Gasteiger partial charge on any atom is 0.245 e. The molecule has 1 amide bonds. The molecule has 1 spiro atoms. The van der Waals surface area contributed by atoms with Crippen LogP contribution in [0, 0.1) is 0 Å². The Morgan fingerprint density at radius 2 is 1.80 bits per heavy atom. The van der Waals surface area contributed by atoms with Gasteiger partial charge in [0, 0.05) is 43.5 Å². The Balaban J connectivity index is 1.75. The van der Waals surface area contributed by atoms with E-state index < -0.39 is 0 Å². The van der Waals surface area contributed by atoms with Gasteiger partial charge in [-0.15, -0.1) is 0 Å². The number of amides is 1. The van der Waals surface area contributed by atoms with Crippen molar-refractivity contribution in [2.24, 2.45) is 0 Å². The number of carbonyl (C=O) groups is 1. The van der Waals surface area contributed by atoms with Gasteiger partial charge in [-0.05, 0) is 47.0 Å². The number of carbonyl (C=O) groups excluding carboxylic acids is 1. The van der Waals surface area contributed by atoms with Crippen molar-refractivity contribution in [1.29, 1.82) is 0 Å². The second-order valence-corrected chi connectivity index (χ2v) is 8.23. The van der Waals surface area contributed by atoms with Crippen molar-refractivity contribution in [3.8, 4) is 0 Å². The molecule has 1 unspecified atom stereocenters. The molecule has 6 nitrogen and oxygen atoms in total. The molecule has 3 rings (SSSR count). The summed E-state index contributed by atoms with van der Waals surface area (Å²) in [5.41, 5.74) is 0.149. The summed E-state index contributed by atoms with van der Waals surface area (Å²) in [5, 5.41) is 0. The highest BCUT2D eigenvalue weighted by molar-refractivity contribution is 5.80. The van der Waals surface area contributed by atoms with Crippen LogP contribution in [0.3, 0.4) is 0 Å². The number of hydrogen-bond donors (Lipinski definition) is 0. The van der Waals surface area contributed by atoms with Gasteiger partial charge in [0.2, 0.25) is 5.91 Å². The Hall–Kier alpha value is -1.40. The topological polar surface area (TPSA) is 44.6 Å². The average molecular weight is 348 g/mol. The minimum Gasteiger partial charge on any atom is -0.338 e. The second kappa shape index (κ2) is 7.08. The van der Waals surface area contributed by atoms with Gasteiger partial charge < -0.3 is 14.4 Å². The highest BCUT2D eigenvalue weighted by Gasteiger charge is 2.43. The van der Waals surface area contributed by atoms with E-state index in [0.29, 0.717) is 5.92 Å². The molecule has 3 heterocycles. The fourth-order valence-electron chi connectivity index (χ4n) is 4.31. The number of piperidine rings is 1. The van der Waals surface area contributed by atoms with Gasteiger partial charge in [-0.1, -0.05) is 13.8 Å². The quantitative estimate of drug-likeness (QED) is 0.836. The first kappa shape index (κ1) is 18.4. The number of aromatic nitrogens is 2. The lowest BCUT2D eigenvalue weighted by Crippen LogP contribution is -2.65. The van der Waals surface area contributed by atoms with Gasteiger partial charge in [-0.2, -0.15) is 0 Å². The molecule has 6 heteroatoms. The van der Waals surface area contributed by atoms with Crippen LogP contribution < -0.4 is 0 Å². The molecule has 1 aromatic rings. The van der Waals surface area contributed by atoms with Gasteiger partial charge in [-0.3, -0.25) is 9.69 Å². The van der Waals surface area contributed by atoms with Crippen LogP contribution in [0.4, 0.5) is 0 Å². The molecule has 0 radical (unpaired) electrons. The minimum absolute atomic E-state index is 0.149. The Kier molecular flexibility index (Phi) is 5.21. The number of nitrogens with zero attached hydrogens (tertiary/aromatic N) is 5. The van der Waals surface area contributed by atoms with Gasteiger partial charge in [0.05, 0.1) is 0 Å². The summed E-state index contributed by atoms with van der Waals surface area (Å²) in [4.78, 5) is 24.6. The highest BCUT2D eigenvalue weighted by atomic mass is 16.2. The Morgan fingerprint density at radius 3 is 2.44 bits per heavy atom. The smallest absolute Gasteiger partial charge is 0.245 e. The van der Waals surface area contributed by atoms with Gasteiger partial charge in [0.25, 0.3) is 0 Å². The van der Waals surface area contributed by atoms with E-state index in [0.717, 1.165) is 51.4 Å². The molecule has 0 saturated carbocycles. The lowest BCUT2D eigenvalue weighted by molar-refractivity contribution is -0.141. The summed E-state index contributed by atoms with van der Waals surface area (Å²) in [7, 11) is 4.41. The van der Waals surface area contributed by atoms with E-state index in [-0.39, 0.29) is 17.5 Å². The van der Waals surface area contributed by atoms with Gasteiger partial charge in [0.1, 0.15) is 11.9 Å². The summed E-state index contributed by atoms with van der Waals surface area (Å²) < 4.78 is 2.05. The third-order valence-corrected chi connectivity index (χ3v) is 6.22. The number of likely N-dealkylation sites (tertiary alicyclic amines) is 1. The van der Waals surface area contributed by atoms with Crippen molar-refractivity contribution in [1.82, 2.24) is 24.3 Å². The number of rotatable bonds is 3. The van der Waals surface area contributed by atoms with Gasteiger partial charge in [0.15, 0.2) is 0 Å². The summed E-state index contributed by atoms with van der Waals surface area (Å²) >= 11 is 0. The van der Waals surface area contributed by atoms with Crippen LogP contribution in [-0.2, 0) is 4.79 Å². The molecule has 140 valence electrons. The van der Waals surface area contributed by atoms with Crippen molar-refractivity contribution in [3.63, 3.8) is 0 Å². The third kappa shape index (κ3) is 3.47. The first-order valence-corrected chi connectivity index (χ1v) is 9.55. The molecule has 1 aromatic heterocycles. The predicted octanol–water partition coefficient (Wildman–Crippen LogP) is 1.81. The van der Waals surface area contributed by atoms with Crippen LogP contribution in [0.15, 0.2) is 12.4 Å². The monoisotopic (exact) mass is 347 g/mol. The van der Waals surface area contributed by atoms with E-state index in [9.17, 15) is 4.79 Å². The number of likely N-dealkylation sites (N-methyl/N-ethyl adjacent to an activating group) is 1. The first-order valence-electron chi connectivity index (χ1n) is 9.55. The molecular formula is C19H33N5O. The van der Waals surface area contributed by atoms with Crippen LogP contribution in [-0.4, -0.2) is 82.5 Å². The number of imidazole rings is 1. The molecule has 25 heavy (non-hydrogen) atoms. The SMILES string of the molecule is CC(C)c1nccn1C(C)C(=O)N1CCN(C)C2(CCN(C)CC2)C1. The Bertz CT molecular complexity index is 603. The van der Waals surface area contributed by atoms with Gasteiger partial charge >= 0.3 is 0 Å². The molecule has 2 saturated heterocycles. The van der Waals surface area contributed by atoms with Crippen molar-refractivity contribution in [3.05, 3.63) is 18.2 Å². The summed E-state index contributed by atoms with van der Waals surface area (Å²) in [6.07, 6.45) is 6.03. The van der Waals surface area contributed by atoms with Crippen LogP contribution in [0.25, 0.3) is 0 Å². The molecule has 2 fully saturated rings. The fourth-order valence-corrected chi connectivity index (χ4v) is 4.31. The van der Waals surface area contributed by atoms with Crippen LogP contribution in [0.1, 0.15) is 51.4 Å². The Morgan fingerprint density at radius 1 is 1.12 bits per heavy atom. The third-order valence-electron chi connectivity index (χ3n) is 6.22. The standard InChI is InChI=1S/C19H33N5O/c1-15(2)17-20-8-11-24(17)16(3)18(25)23-13-12-22(5)19(14-23)6-9-21(4)10-7-19/h8,11,15-16H,6-7,9-10,12-14H2,1-5H3. The van der Waals surface area contributed by atoms with Crippen molar-refractivity contribution in [2.75, 3.05) is 46.8 Å². The van der Waals surface area contributed by atoms with Crippen molar-refractivity contribution in [2.45, 2.75) is 51.1 Å². The first-order chi connectivity index (χ1) is 11.8. The minimum atomic E-state index is -0.188.